The lowest BCUT2D eigenvalue weighted by Gasteiger charge is -2.62. The first-order chi connectivity index (χ1) is 9.00. The second-order valence-electron chi connectivity index (χ2n) is 6.70. The molecule has 4 aliphatic rings. The number of amides is 1. The summed E-state index contributed by atoms with van der Waals surface area (Å²) in [7, 11) is 0. The van der Waals surface area contributed by atoms with Gasteiger partial charge in [-0.3, -0.25) is 4.79 Å². The van der Waals surface area contributed by atoms with Crippen LogP contribution in [-0.4, -0.2) is 34.0 Å². The predicted molar refractivity (Wildman–Crippen MR) is 70.5 cm³/mol. The molecular formula is C15H23NO3. The first kappa shape index (κ1) is 12.9. The molecule has 4 heteroatoms. The van der Waals surface area contributed by atoms with Gasteiger partial charge < -0.3 is 10.0 Å². The molecule has 4 aliphatic carbocycles. The van der Waals surface area contributed by atoms with E-state index in [1.54, 1.807) is 4.90 Å². The molecule has 0 saturated heterocycles. The number of carbonyl (C=O) groups is 2. The number of hydrogen-bond donors (Lipinski definition) is 1. The van der Waals surface area contributed by atoms with E-state index in [4.69, 9.17) is 0 Å². The lowest BCUT2D eigenvalue weighted by molar-refractivity contribution is -0.189. The number of carbonyl (C=O) groups excluding carboxylic acids is 1. The van der Waals surface area contributed by atoms with Gasteiger partial charge in [-0.2, -0.15) is 0 Å². The molecule has 1 N–H and O–H groups in total. The van der Waals surface area contributed by atoms with Crippen LogP contribution in [0.1, 0.15) is 46.0 Å². The third-order valence-corrected chi connectivity index (χ3v) is 5.87. The lowest BCUT2D eigenvalue weighted by atomic mass is 9.48. The molecule has 0 atom stereocenters. The third kappa shape index (κ3) is 1.58. The maximum Gasteiger partial charge on any atom is 0.330 e. The Kier molecular flexibility index (Phi) is 2.88. The molecule has 0 aromatic carbocycles. The molecule has 1 amide bonds. The summed E-state index contributed by atoms with van der Waals surface area (Å²) in [5, 5.41) is 9.95. The summed E-state index contributed by atoms with van der Waals surface area (Å²) in [5.41, 5.74) is -0.909. The molecule has 0 aromatic heterocycles. The van der Waals surface area contributed by atoms with Crippen LogP contribution < -0.4 is 0 Å². The molecule has 0 spiro atoms. The van der Waals surface area contributed by atoms with Crippen molar-refractivity contribution in [1.29, 1.82) is 0 Å². The van der Waals surface area contributed by atoms with E-state index in [2.05, 4.69) is 0 Å². The number of carboxylic acid groups (broad SMARTS) is 1. The van der Waals surface area contributed by atoms with E-state index in [-0.39, 0.29) is 17.7 Å². The predicted octanol–water partition coefficient (Wildman–Crippen LogP) is 2.13. The number of nitrogens with zero attached hydrogens (tertiary/aromatic N) is 1. The average molecular weight is 265 g/mol. The van der Waals surface area contributed by atoms with Crippen LogP contribution >= 0.6 is 0 Å². The fourth-order valence-electron chi connectivity index (χ4n) is 5.55. The van der Waals surface area contributed by atoms with Crippen molar-refractivity contribution in [3.63, 3.8) is 0 Å². The van der Waals surface area contributed by atoms with Crippen molar-refractivity contribution < 1.29 is 14.7 Å². The van der Waals surface area contributed by atoms with E-state index >= 15 is 0 Å². The average Bonchev–Trinajstić information content (AvgIpc) is 2.31. The Hall–Kier alpha value is -1.06. The molecule has 19 heavy (non-hydrogen) atoms. The van der Waals surface area contributed by atoms with Crippen molar-refractivity contribution in [3.05, 3.63) is 0 Å². The van der Waals surface area contributed by atoms with Gasteiger partial charge in [-0.1, -0.05) is 0 Å². The Morgan fingerprint density at radius 1 is 1.11 bits per heavy atom. The van der Waals surface area contributed by atoms with Crippen molar-refractivity contribution in [2.45, 2.75) is 51.5 Å². The van der Waals surface area contributed by atoms with Crippen LogP contribution in [0.5, 0.6) is 0 Å². The standard InChI is InChI=1S/C15H23NO3/c1-3-16(9(2)17)15(14(18)19)12-5-10-4-11(7-12)8-13(15)6-10/h10-13H,3-8H2,1-2H3,(H,18,19). The van der Waals surface area contributed by atoms with Gasteiger partial charge in [-0.05, 0) is 62.7 Å². The van der Waals surface area contributed by atoms with Crippen LogP contribution in [0.4, 0.5) is 0 Å². The molecule has 4 rings (SSSR count). The van der Waals surface area contributed by atoms with Crippen LogP contribution in [0.25, 0.3) is 0 Å². The summed E-state index contributed by atoms with van der Waals surface area (Å²) >= 11 is 0. The van der Waals surface area contributed by atoms with Gasteiger partial charge in [-0.25, -0.2) is 4.79 Å². The van der Waals surface area contributed by atoms with E-state index in [0.717, 1.165) is 25.7 Å². The molecule has 0 aliphatic heterocycles. The van der Waals surface area contributed by atoms with Crippen molar-refractivity contribution in [1.82, 2.24) is 4.90 Å². The zero-order valence-electron chi connectivity index (χ0n) is 11.8. The van der Waals surface area contributed by atoms with E-state index in [1.807, 2.05) is 6.92 Å². The number of rotatable bonds is 3. The smallest absolute Gasteiger partial charge is 0.330 e. The fourth-order valence-corrected chi connectivity index (χ4v) is 5.55. The van der Waals surface area contributed by atoms with E-state index in [1.165, 1.54) is 13.3 Å². The summed E-state index contributed by atoms with van der Waals surface area (Å²) in [6, 6.07) is 0. The quantitative estimate of drug-likeness (QED) is 0.850. The Labute approximate surface area is 114 Å². The van der Waals surface area contributed by atoms with Crippen molar-refractivity contribution in [2.24, 2.45) is 23.7 Å². The molecule has 0 radical (unpaired) electrons. The largest absolute Gasteiger partial charge is 0.479 e. The summed E-state index contributed by atoms with van der Waals surface area (Å²) < 4.78 is 0. The maximum atomic E-state index is 12.1. The van der Waals surface area contributed by atoms with Gasteiger partial charge in [0.25, 0.3) is 0 Å². The maximum absolute atomic E-state index is 12.1. The topological polar surface area (TPSA) is 57.6 Å². The monoisotopic (exact) mass is 265 g/mol. The fraction of sp³-hybridized carbons (Fsp3) is 0.867. The Morgan fingerprint density at radius 2 is 1.58 bits per heavy atom. The zero-order valence-corrected chi connectivity index (χ0v) is 11.8. The van der Waals surface area contributed by atoms with Gasteiger partial charge in [0.05, 0.1) is 0 Å². The summed E-state index contributed by atoms with van der Waals surface area (Å²) in [6.07, 6.45) is 5.30. The SMILES string of the molecule is CCN(C(C)=O)C1(C(=O)O)C2CC3CC(C2)CC1C3. The minimum atomic E-state index is -0.909. The van der Waals surface area contributed by atoms with Crippen LogP contribution in [0.15, 0.2) is 0 Å². The van der Waals surface area contributed by atoms with Crippen molar-refractivity contribution in [3.8, 4) is 0 Å². The van der Waals surface area contributed by atoms with Crippen LogP contribution in [0.2, 0.25) is 0 Å². The Bertz CT molecular complexity index is 390. The normalized spacial score (nSPS) is 43.3. The highest BCUT2D eigenvalue weighted by molar-refractivity contribution is 5.87. The highest BCUT2D eigenvalue weighted by atomic mass is 16.4. The van der Waals surface area contributed by atoms with Crippen LogP contribution in [0.3, 0.4) is 0 Å². The summed E-state index contributed by atoms with van der Waals surface area (Å²) in [4.78, 5) is 25.7. The second kappa shape index (κ2) is 4.22. The molecule has 106 valence electrons. The number of likely N-dealkylation sites (N-methyl/N-ethyl adjacent to an activating group) is 1. The highest BCUT2D eigenvalue weighted by Gasteiger charge is 2.64. The van der Waals surface area contributed by atoms with Gasteiger partial charge in [0.1, 0.15) is 5.54 Å². The van der Waals surface area contributed by atoms with E-state index < -0.39 is 11.5 Å². The number of aliphatic carboxylic acids is 1. The van der Waals surface area contributed by atoms with Gasteiger partial charge in [0, 0.05) is 13.5 Å². The van der Waals surface area contributed by atoms with Gasteiger partial charge >= 0.3 is 5.97 Å². The summed E-state index contributed by atoms with van der Waals surface area (Å²) in [6.45, 7) is 3.92. The lowest BCUT2D eigenvalue weighted by Crippen LogP contribution is -2.70. The molecule has 4 fully saturated rings. The molecule has 0 heterocycles. The molecule has 0 aromatic rings. The molecule has 4 saturated carbocycles. The first-order valence-corrected chi connectivity index (χ1v) is 7.51. The van der Waals surface area contributed by atoms with Gasteiger partial charge in [-0.15, -0.1) is 0 Å². The highest BCUT2D eigenvalue weighted by Crippen LogP contribution is 2.60. The molecular weight excluding hydrogens is 242 g/mol. The Morgan fingerprint density at radius 3 is 1.89 bits per heavy atom. The molecule has 0 unspecified atom stereocenters. The Balaban J connectivity index is 2.06. The minimum absolute atomic E-state index is 0.0858. The third-order valence-electron chi connectivity index (χ3n) is 5.87. The van der Waals surface area contributed by atoms with Gasteiger partial charge in [0.15, 0.2) is 0 Å². The number of hydrogen-bond acceptors (Lipinski definition) is 2. The van der Waals surface area contributed by atoms with Gasteiger partial charge in [0.2, 0.25) is 5.91 Å². The zero-order chi connectivity index (χ0) is 13.8. The molecule has 4 bridgehead atoms. The minimum Gasteiger partial charge on any atom is -0.479 e. The summed E-state index contributed by atoms with van der Waals surface area (Å²) in [5.74, 6) is 0.909. The molecule has 4 nitrogen and oxygen atoms in total. The first-order valence-electron chi connectivity index (χ1n) is 7.51. The second-order valence-corrected chi connectivity index (χ2v) is 6.70. The van der Waals surface area contributed by atoms with Crippen molar-refractivity contribution in [2.75, 3.05) is 6.54 Å². The van der Waals surface area contributed by atoms with E-state index in [0.29, 0.717) is 18.4 Å². The number of carboxylic acids is 1. The van der Waals surface area contributed by atoms with E-state index in [9.17, 15) is 14.7 Å². The van der Waals surface area contributed by atoms with Crippen molar-refractivity contribution >= 4 is 11.9 Å². The van der Waals surface area contributed by atoms with Crippen LogP contribution in [-0.2, 0) is 9.59 Å². The van der Waals surface area contributed by atoms with Crippen LogP contribution in [0, 0.1) is 23.7 Å².